The van der Waals surface area contributed by atoms with Crippen LogP contribution in [0.2, 0.25) is 0 Å². The molecule has 4 nitrogen and oxygen atoms in total. The molecule has 0 aliphatic heterocycles. The molecule has 0 saturated heterocycles. The molecule has 2 aromatic rings. The van der Waals surface area contributed by atoms with Crippen molar-refractivity contribution in [3.05, 3.63) is 18.3 Å². The van der Waals surface area contributed by atoms with Crippen LogP contribution in [0, 0.1) is 17.8 Å². The van der Waals surface area contributed by atoms with Crippen molar-refractivity contribution in [1.29, 1.82) is 0 Å². The van der Waals surface area contributed by atoms with Crippen LogP contribution in [0.15, 0.2) is 18.3 Å². The van der Waals surface area contributed by atoms with Gasteiger partial charge in [0, 0.05) is 11.9 Å². The van der Waals surface area contributed by atoms with Crippen LogP contribution in [-0.4, -0.2) is 16.7 Å². The number of rotatable bonds is 5. The maximum atomic E-state index is 6.08. The molecule has 4 heteroatoms. The number of H-pyrrole nitrogens is 1. The number of anilines is 2. The lowest BCUT2D eigenvalue weighted by Gasteiger charge is -2.26. The molecule has 2 rings (SSSR count). The first-order valence-corrected chi connectivity index (χ1v) is 6.95. The molecule has 4 N–H and O–H groups in total. The van der Waals surface area contributed by atoms with E-state index in [1.807, 2.05) is 12.1 Å². The van der Waals surface area contributed by atoms with Crippen molar-refractivity contribution in [1.82, 2.24) is 10.2 Å². The summed E-state index contributed by atoms with van der Waals surface area (Å²) >= 11 is 0. The summed E-state index contributed by atoms with van der Waals surface area (Å²) < 4.78 is 0. The molecule has 104 valence electrons. The van der Waals surface area contributed by atoms with Crippen molar-refractivity contribution in [2.45, 2.75) is 27.7 Å². The van der Waals surface area contributed by atoms with E-state index in [0.29, 0.717) is 17.8 Å². The largest absolute Gasteiger partial charge is 0.397 e. The van der Waals surface area contributed by atoms with Crippen LogP contribution < -0.4 is 11.1 Å². The van der Waals surface area contributed by atoms with Gasteiger partial charge in [0.2, 0.25) is 0 Å². The number of benzene rings is 1. The van der Waals surface area contributed by atoms with E-state index in [1.54, 1.807) is 6.20 Å². The number of nitrogens with zero attached hydrogens (tertiary/aromatic N) is 1. The average molecular weight is 260 g/mol. The van der Waals surface area contributed by atoms with E-state index in [4.69, 9.17) is 5.73 Å². The van der Waals surface area contributed by atoms with Crippen molar-refractivity contribution in [3.63, 3.8) is 0 Å². The fourth-order valence-electron chi connectivity index (χ4n) is 2.63. The Balaban J connectivity index is 2.14. The van der Waals surface area contributed by atoms with Crippen LogP contribution in [0.25, 0.3) is 10.9 Å². The molecule has 0 radical (unpaired) electrons. The quantitative estimate of drug-likeness (QED) is 0.721. The summed E-state index contributed by atoms with van der Waals surface area (Å²) in [5.41, 5.74) is 8.86. The minimum absolute atomic E-state index is 0.636. The Kier molecular flexibility index (Phi) is 3.98. The summed E-state index contributed by atoms with van der Waals surface area (Å²) in [6.07, 6.45) is 1.79. The summed E-state index contributed by atoms with van der Waals surface area (Å²) in [5, 5.41) is 11.5. The number of nitrogen functional groups attached to an aromatic ring is 1. The molecule has 0 unspecified atom stereocenters. The van der Waals surface area contributed by atoms with E-state index in [9.17, 15) is 0 Å². The Morgan fingerprint density at radius 3 is 2.53 bits per heavy atom. The second-order valence-electron chi connectivity index (χ2n) is 5.93. The number of aromatic amines is 1. The highest BCUT2D eigenvalue weighted by atomic mass is 15.1. The first kappa shape index (κ1) is 13.7. The van der Waals surface area contributed by atoms with Gasteiger partial charge in [0.1, 0.15) is 0 Å². The van der Waals surface area contributed by atoms with Crippen molar-refractivity contribution < 1.29 is 0 Å². The van der Waals surface area contributed by atoms with Gasteiger partial charge in [0.25, 0.3) is 0 Å². The molecule has 0 atom stereocenters. The third-order valence-electron chi connectivity index (χ3n) is 3.85. The van der Waals surface area contributed by atoms with E-state index in [2.05, 4.69) is 43.2 Å². The second-order valence-corrected chi connectivity index (χ2v) is 5.93. The zero-order valence-corrected chi connectivity index (χ0v) is 12.2. The van der Waals surface area contributed by atoms with Gasteiger partial charge >= 0.3 is 0 Å². The highest BCUT2D eigenvalue weighted by Gasteiger charge is 2.17. The normalized spacial score (nSPS) is 11.9. The smallest absolute Gasteiger partial charge is 0.0672 e. The maximum absolute atomic E-state index is 6.08. The summed E-state index contributed by atoms with van der Waals surface area (Å²) in [6.45, 7) is 10.0. The monoisotopic (exact) mass is 260 g/mol. The van der Waals surface area contributed by atoms with Crippen LogP contribution in [0.5, 0.6) is 0 Å². The van der Waals surface area contributed by atoms with Crippen LogP contribution in [0.4, 0.5) is 11.4 Å². The number of nitrogens with one attached hydrogen (secondary N) is 2. The van der Waals surface area contributed by atoms with Crippen molar-refractivity contribution in [2.24, 2.45) is 17.8 Å². The maximum Gasteiger partial charge on any atom is 0.0672 e. The van der Waals surface area contributed by atoms with Gasteiger partial charge < -0.3 is 11.1 Å². The third kappa shape index (κ3) is 3.00. The van der Waals surface area contributed by atoms with Crippen molar-refractivity contribution in [2.75, 3.05) is 17.6 Å². The lowest BCUT2D eigenvalue weighted by molar-refractivity contribution is 0.304. The Bertz CT molecular complexity index is 534. The molecule has 0 spiro atoms. The fourth-order valence-corrected chi connectivity index (χ4v) is 2.63. The Morgan fingerprint density at radius 2 is 1.89 bits per heavy atom. The van der Waals surface area contributed by atoms with E-state index in [1.165, 1.54) is 0 Å². The van der Waals surface area contributed by atoms with Gasteiger partial charge in [0.15, 0.2) is 0 Å². The van der Waals surface area contributed by atoms with Gasteiger partial charge in [-0.25, -0.2) is 0 Å². The van der Waals surface area contributed by atoms with Crippen LogP contribution >= 0.6 is 0 Å². The lowest BCUT2D eigenvalue weighted by Crippen LogP contribution is -2.24. The molecule has 0 aliphatic carbocycles. The summed E-state index contributed by atoms with van der Waals surface area (Å²) in [7, 11) is 0. The molecule has 0 saturated carbocycles. The molecule has 0 bridgehead atoms. The van der Waals surface area contributed by atoms with Crippen LogP contribution in [0.3, 0.4) is 0 Å². The molecular weight excluding hydrogens is 236 g/mol. The van der Waals surface area contributed by atoms with Gasteiger partial charge in [-0.05, 0) is 29.9 Å². The van der Waals surface area contributed by atoms with Gasteiger partial charge in [-0.2, -0.15) is 5.10 Å². The van der Waals surface area contributed by atoms with E-state index in [-0.39, 0.29) is 0 Å². The van der Waals surface area contributed by atoms with Crippen molar-refractivity contribution in [3.8, 4) is 0 Å². The average Bonchev–Trinajstić information content (AvgIpc) is 2.75. The number of hydrogen-bond donors (Lipinski definition) is 3. The Hall–Kier alpha value is -1.71. The van der Waals surface area contributed by atoms with Gasteiger partial charge in [-0.1, -0.05) is 27.7 Å². The number of aromatic nitrogens is 2. The molecule has 1 heterocycles. The minimum atomic E-state index is 0.636. The van der Waals surface area contributed by atoms with Crippen molar-refractivity contribution >= 4 is 22.3 Å². The van der Waals surface area contributed by atoms with Crippen LogP contribution in [-0.2, 0) is 0 Å². The first-order valence-electron chi connectivity index (χ1n) is 6.95. The number of fused-ring (bicyclic) bond motifs is 1. The summed E-state index contributed by atoms with van der Waals surface area (Å²) in [4.78, 5) is 0. The van der Waals surface area contributed by atoms with Gasteiger partial charge in [-0.3, -0.25) is 5.10 Å². The predicted octanol–water partition coefficient (Wildman–Crippen LogP) is 3.49. The Morgan fingerprint density at radius 1 is 1.21 bits per heavy atom. The highest BCUT2D eigenvalue weighted by Crippen LogP contribution is 2.27. The molecular formula is C15H24N4. The summed E-state index contributed by atoms with van der Waals surface area (Å²) in [5.74, 6) is 1.95. The zero-order valence-electron chi connectivity index (χ0n) is 12.2. The number of nitrogens with two attached hydrogens (primary N) is 1. The van der Waals surface area contributed by atoms with Gasteiger partial charge in [-0.15, -0.1) is 0 Å². The highest BCUT2D eigenvalue weighted by molar-refractivity contribution is 5.88. The molecule has 0 aliphatic rings. The standard InChI is InChI=1S/C15H24N4/c1-9(2)12(10(3)4)8-17-15-6-14-11(5-13(15)16)7-18-19-14/h5-7,9-10,12,17H,8,16H2,1-4H3,(H,18,19). The predicted molar refractivity (Wildman–Crippen MR) is 82.2 cm³/mol. The van der Waals surface area contributed by atoms with E-state index >= 15 is 0 Å². The third-order valence-corrected chi connectivity index (χ3v) is 3.85. The fraction of sp³-hybridized carbons (Fsp3) is 0.533. The number of hydrogen-bond acceptors (Lipinski definition) is 3. The molecule has 1 aromatic carbocycles. The minimum Gasteiger partial charge on any atom is -0.397 e. The molecule has 0 amide bonds. The summed E-state index contributed by atoms with van der Waals surface area (Å²) in [6, 6.07) is 4.00. The lowest BCUT2D eigenvalue weighted by atomic mass is 9.85. The Labute approximate surface area is 114 Å². The SMILES string of the molecule is CC(C)C(CNc1cc2[nH]ncc2cc1N)C(C)C. The zero-order chi connectivity index (χ0) is 14.0. The van der Waals surface area contributed by atoms with E-state index < -0.39 is 0 Å². The van der Waals surface area contributed by atoms with E-state index in [0.717, 1.165) is 28.8 Å². The first-order chi connectivity index (χ1) is 8.99. The molecule has 0 fully saturated rings. The second kappa shape index (κ2) is 5.51. The molecule has 19 heavy (non-hydrogen) atoms. The van der Waals surface area contributed by atoms with Crippen LogP contribution in [0.1, 0.15) is 27.7 Å². The molecule has 1 aromatic heterocycles. The topological polar surface area (TPSA) is 66.7 Å². The van der Waals surface area contributed by atoms with Gasteiger partial charge in [0.05, 0.1) is 23.1 Å².